The Balaban J connectivity index is 1.61. The lowest BCUT2D eigenvalue weighted by molar-refractivity contribution is -0.122. The molecule has 2 amide bonds. The number of carbonyl (C=O) groups excluding carboxylic acids is 2. The fourth-order valence-electron chi connectivity index (χ4n) is 2.93. The molecule has 0 radical (unpaired) electrons. The van der Waals surface area contributed by atoms with Crippen molar-refractivity contribution in [3.63, 3.8) is 0 Å². The van der Waals surface area contributed by atoms with Crippen LogP contribution in [0.5, 0.6) is 0 Å². The van der Waals surface area contributed by atoms with Gasteiger partial charge in [0.2, 0.25) is 11.8 Å². The molecule has 2 N–H and O–H groups in total. The highest BCUT2D eigenvalue weighted by Gasteiger charge is 2.48. The van der Waals surface area contributed by atoms with Gasteiger partial charge in [-0.1, -0.05) is 32.0 Å². The van der Waals surface area contributed by atoms with Gasteiger partial charge < -0.3 is 10.6 Å². The topological polar surface area (TPSA) is 58.2 Å². The number of rotatable bonds is 5. The van der Waals surface area contributed by atoms with Crippen molar-refractivity contribution in [2.45, 2.75) is 26.2 Å². The molecule has 2 atom stereocenters. The van der Waals surface area contributed by atoms with Crippen molar-refractivity contribution in [3.05, 3.63) is 59.7 Å². The van der Waals surface area contributed by atoms with E-state index in [1.165, 1.54) is 6.07 Å². The van der Waals surface area contributed by atoms with E-state index in [1.54, 1.807) is 0 Å². The van der Waals surface area contributed by atoms with Gasteiger partial charge in [-0.25, -0.2) is 8.78 Å². The van der Waals surface area contributed by atoms with E-state index < -0.39 is 29.4 Å². The van der Waals surface area contributed by atoms with Crippen molar-refractivity contribution >= 4 is 23.2 Å². The van der Waals surface area contributed by atoms with E-state index >= 15 is 0 Å². The van der Waals surface area contributed by atoms with E-state index in [9.17, 15) is 18.4 Å². The Kier molecular flexibility index (Phi) is 5.02. The van der Waals surface area contributed by atoms with Gasteiger partial charge in [-0.2, -0.15) is 0 Å². The maximum absolute atomic E-state index is 13.6. The Morgan fingerprint density at radius 2 is 1.58 bits per heavy atom. The second-order valence-electron chi connectivity index (χ2n) is 6.79. The number of para-hydroxylation sites is 1. The van der Waals surface area contributed by atoms with Crippen LogP contribution in [0, 0.1) is 23.5 Å². The van der Waals surface area contributed by atoms with Crippen molar-refractivity contribution in [3.8, 4) is 0 Å². The number of amides is 2. The lowest BCUT2D eigenvalue weighted by atomic mass is 10.0. The first-order chi connectivity index (χ1) is 12.4. The van der Waals surface area contributed by atoms with E-state index in [4.69, 9.17) is 0 Å². The summed E-state index contributed by atoms with van der Waals surface area (Å²) in [7, 11) is 0. The van der Waals surface area contributed by atoms with Crippen LogP contribution < -0.4 is 10.6 Å². The van der Waals surface area contributed by atoms with Crippen molar-refractivity contribution in [1.82, 2.24) is 0 Å². The summed E-state index contributed by atoms with van der Waals surface area (Å²) in [5.41, 5.74) is 1.67. The SMILES string of the molecule is CC(C)c1ccccc1NC(=O)C1CC1C(=O)Nc1ccc(F)cc1F. The quantitative estimate of drug-likeness (QED) is 0.837. The number of halogens is 2. The zero-order valence-corrected chi connectivity index (χ0v) is 14.6. The highest BCUT2D eigenvalue weighted by atomic mass is 19.1. The Morgan fingerprint density at radius 1 is 0.962 bits per heavy atom. The minimum absolute atomic E-state index is 0.0902. The van der Waals surface area contributed by atoms with Crippen LogP contribution in [0.2, 0.25) is 0 Å². The van der Waals surface area contributed by atoms with Crippen LogP contribution in [0.4, 0.5) is 20.2 Å². The average Bonchev–Trinajstić information content (AvgIpc) is 3.38. The standard InChI is InChI=1S/C20H20F2N2O2/c1-11(2)13-5-3-4-6-17(13)23-19(25)14-10-15(14)20(26)24-18-8-7-12(21)9-16(18)22/h3-9,11,14-15H,10H2,1-2H3,(H,23,25)(H,24,26). The summed E-state index contributed by atoms with van der Waals surface area (Å²) in [6.07, 6.45) is 0.407. The van der Waals surface area contributed by atoms with Crippen molar-refractivity contribution in [2.24, 2.45) is 11.8 Å². The summed E-state index contributed by atoms with van der Waals surface area (Å²) in [5, 5.41) is 5.30. The number of hydrogen-bond donors (Lipinski definition) is 2. The number of benzene rings is 2. The number of anilines is 2. The molecule has 6 heteroatoms. The zero-order chi connectivity index (χ0) is 18.8. The van der Waals surface area contributed by atoms with E-state index in [0.29, 0.717) is 12.5 Å². The number of nitrogens with one attached hydrogen (secondary N) is 2. The van der Waals surface area contributed by atoms with Crippen LogP contribution >= 0.6 is 0 Å². The van der Waals surface area contributed by atoms with Crippen molar-refractivity contribution in [1.29, 1.82) is 0 Å². The van der Waals surface area contributed by atoms with Gasteiger partial charge in [0.15, 0.2) is 0 Å². The third-order valence-electron chi connectivity index (χ3n) is 4.49. The minimum Gasteiger partial charge on any atom is -0.326 e. The maximum atomic E-state index is 13.6. The summed E-state index contributed by atoms with van der Waals surface area (Å²) in [6, 6.07) is 10.5. The molecule has 1 saturated carbocycles. The van der Waals surface area contributed by atoms with Gasteiger partial charge in [0.05, 0.1) is 17.5 Å². The molecule has 1 fully saturated rings. The normalized spacial score (nSPS) is 18.5. The van der Waals surface area contributed by atoms with Crippen LogP contribution in [0.15, 0.2) is 42.5 Å². The van der Waals surface area contributed by atoms with E-state index in [0.717, 1.165) is 17.3 Å². The summed E-state index contributed by atoms with van der Waals surface area (Å²) in [6.45, 7) is 4.07. The maximum Gasteiger partial charge on any atom is 0.228 e. The van der Waals surface area contributed by atoms with Crippen LogP contribution in [0.1, 0.15) is 31.7 Å². The minimum atomic E-state index is -0.842. The molecule has 2 aromatic rings. The summed E-state index contributed by atoms with van der Waals surface area (Å²) in [5.74, 6) is -2.92. The van der Waals surface area contributed by atoms with E-state index in [2.05, 4.69) is 10.6 Å². The molecule has 1 aliphatic carbocycles. The third-order valence-corrected chi connectivity index (χ3v) is 4.49. The van der Waals surface area contributed by atoms with E-state index in [1.807, 2.05) is 38.1 Å². The fourth-order valence-corrected chi connectivity index (χ4v) is 2.93. The second-order valence-corrected chi connectivity index (χ2v) is 6.79. The smallest absolute Gasteiger partial charge is 0.228 e. The summed E-state index contributed by atoms with van der Waals surface area (Å²) in [4.78, 5) is 24.6. The Labute approximate surface area is 150 Å². The van der Waals surface area contributed by atoms with Crippen LogP contribution in [-0.4, -0.2) is 11.8 Å². The molecule has 0 aromatic heterocycles. The molecule has 0 aliphatic heterocycles. The van der Waals surface area contributed by atoms with Crippen LogP contribution in [-0.2, 0) is 9.59 Å². The van der Waals surface area contributed by atoms with Gasteiger partial charge in [-0.05, 0) is 36.1 Å². The summed E-state index contributed by atoms with van der Waals surface area (Å²) >= 11 is 0. The largest absolute Gasteiger partial charge is 0.326 e. The van der Waals surface area contributed by atoms with E-state index in [-0.39, 0.29) is 17.5 Å². The monoisotopic (exact) mass is 358 g/mol. The predicted octanol–water partition coefficient (Wildman–Crippen LogP) is 4.30. The summed E-state index contributed by atoms with van der Waals surface area (Å²) < 4.78 is 26.5. The van der Waals surface area contributed by atoms with Crippen molar-refractivity contribution in [2.75, 3.05) is 10.6 Å². The fraction of sp³-hybridized carbons (Fsp3) is 0.300. The molecule has 0 heterocycles. The molecule has 0 spiro atoms. The third kappa shape index (κ3) is 3.90. The zero-order valence-electron chi connectivity index (χ0n) is 14.6. The van der Waals surface area contributed by atoms with Gasteiger partial charge in [-0.15, -0.1) is 0 Å². The molecule has 2 aromatic carbocycles. The first-order valence-electron chi connectivity index (χ1n) is 8.52. The Hall–Kier alpha value is -2.76. The van der Waals surface area contributed by atoms with Gasteiger partial charge in [0.25, 0.3) is 0 Å². The number of carbonyl (C=O) groups is 2. The van der Waals surface area contributed by atoms with Crippen molar-refractivity contribution < 1.29 is 18.4 Å². The molecule has 0 saturated heterocycles. The Bertz CT molecular complexity index is 851. The first kappa shape index (κ1) is 18.0. The molecule has 2 unspecified atom stereocenters. The average molecular weight is 358 g/mol. The molecular weight excluding hydrogens is 338 g/mol. The molecule has 26 heavy (non-hydrogen) atoms. The number of hydrogen-bond acceptors (Lipinski definition) is 2. The van der Waals surface area contributed by atoms with Crippen LogP contribution in [0.3, 0.4) is 0 Å². The predicted molar refractivity (Wildman–Crippen MR) is 95.7 cm³/mol. The molecule has 136 valence electrons. The van der Waals surface area contributed by atoms with Crippen LogP contribution in [0.25, 0.3) is 0 Å². The molecule has 1 aliphatic rings. The second kappa shape index (κ2) is 7.23. The van der Waals surface area contributed by atoms with Gasteiger partial charge in [0.1, 0.15) is 11.6 Å². The highest BCUT2D eigenvalue weighted by Crippen LogP contribution is 2.40. The van der Waals surface area contributed by atoms with Gasteiger partial charge in [0, 0.05) is 11.8 Å². The lowest BCUT2D eigenvalue weighted by Crippen LogP contribution is -2.21. The first-order valence-corrected chi connectivity index (χ1v) is 8.52. The molecule has 0 bridgehead atoms. The van der Waals surface area contributed by atoms with Gasteiger partial charge in [-0.3, -0.25) is 9.59 Å². The van der Waals surface area contributed by atoms with Gasteiger partial charge >= 0.3 is 0 Å². The molecular formula is C20H20F2N2O2. The highest BCUT2D eigenvalue weighted by molar-refractivity contribution is 6.03. The molecule has 4 nitrogen and oxygen atoms in total. The lowest BCUT2D eigenvalue weighted by Gasteiger charge is -2.13. The molecule has 3 rings (SSSR count). The Morgan fingerprint density at radius 3 is 2.19 bits per heavy atom.